The quantitative estimate of drug-likeness (QED) is 0.657. The van der Waals surface area contributed by atoms with E-state index in [-0.39, 0.29) is 60.3 Å². The summed E-state index contributed by atoms with van der Waals surface area (Å²) in [6.45, 7) is 3.76. The maximum atomic E-state index is 12.6. The van der Waals surface area contributed by atoms with Gasteiger partial charge in [-0.2, -0.15) is 0 Å². The highest BCUT2D eigenvalue weighted by atomic mass is 16.2. The summed E-state index contributed by atoms with van der Waals surface area (Å²) in [6.07, 6.45) is 5.08. The Morgan fingerprint density at radius 2 is 1.68 bits per heavy atom. The lowest BCUT2D eigenvalue weighted by molar-refractivity contribution is -0.140. The predicted molar refractivity (Wildman–Crippen MR) is 89.2 cm³/mol. The zero-order valence-corrected chi connectivity index (χ0v) is 14.2. The van der Waals surface area contributed by atoms with Crippen molar-refractivity contribution in [1.82, 2.24) is 14.9 Å². The van der Waals surface area contributed by atoms with E-state index in [1.165, 1.54) is 4.90 Å². The minimum Gasteiger partial charge on any atom is -0.294 e. The van der Waals surface area contributed by atoms with Gasteiger partial charge in [0, 0.05) is 24.4 Å². The molecule has 25 heavy (non-hydrogen) atoms. The number of amides is 3. The fourth-order valence-corrected chi connectivity index (χ4v) is 4.37. The van der Waals surface area contributed by atoms with Crippen LogP contribution in [-0.4, -0.2) is 39.1 Å². The predicted octanol–water partition coefficient (Wildman–Crippen LogP) is 1.23. The Bertz CT molecular complexity index is 753. The molecule has 1 aromatic rings. The van der Waals surface area contributed by atoms with Gasteiger partial charge in [0.05, 0.1) is 11.8 Å². The SMILES string of the molecule is Cc1cc(C)nc(NC(=O)CCN2C(=O)[C@@H]3[C@H](C2=O)[C@H]2C=C[C@H]3C2)n1. The van der Waals surface area contributed by atoms with Gasteiger partial charge in [0.2, 0.25) is 23.7 Å². The first-order chi connectivity index (χ1) is 11.9. The first-order valence-corrected chi connectivity index (χ1v) is 8.59. The van der Waals surface area contributed by atoms with Crippen LogP contribution in [-0.2, 0) is 14.4 Å². The van der Waals surface area contributed by atoms with E-state index in [1.54, 1.807) is 0 Å². The molecule has 1 aromatic heterocycles. The number of fused-ring (bicyclic) bond motifs is 5. The van der Waals surface area contributed by atoms with Gasteiger partial charge in [-0.3, -0.25) is 24.6 Å². The smallest absolute Gasteiger partial charge is 0.233 e. The van der Waals surface area contributed by atoms with Gasteiger partial charge in [-0.1, -0.05) is 12.2 Å². The molecule has 2 fully saturated rings. The van der Waals surface area contributed by atoms with Gasteiger partial charge in [0.25, 0.3) is 0 Å². The second kappa shape index (κ2) is 5.75. The number of aryl methyl sites for hydroxylation is 2. The number of aromatic nitrogens is 2. The van der Waals surface area contributed by atoms with Crippen LogP contribution in [0.1, 0.15) is 24.2 Å². The number of allylic oxidation sites excluding steroid dienone is 2. The molecule has 7 nitrogen and oxygen atoms in total. The number of nitrogens with one attached hydrogen (secondary N) is 1. The number of nitrogens with zero attached hydrogens (tertiary/aromatic N) is 3. The van der Waals surface area contributed by atoms with E-state index in [2.05, 4.69) is 27.4 Å². The van der Waals surface area contributed by atoms with Crippen molar-refractivity contribution in [3.05, 3.63) is 29.6 Å². The Kier molecular flexibility index (Phi) is 3.67. The minimum absolute atomic E-state index is 0.0516. The second-order valence-corrected chi connectivity index (χ2v) is 7.10. The zero-order chi connectivity index (χ0) is 17.7. The first kappa shape index (κ1) is 15.9. The van der Waals surface area contributed by atoms with Crippen LogP contribution >= 0.6 is 0 Å². The molecule has 4 atom stereocenters. The third-order valence-corrected chi connectivity index (χ3v) is 5.36. The lowest BCUT2D eigenvalue weighted by Crippen LogP contribution is -2.35. The summed E-state index contributed by atoms with van der Waals surface area (Å²) in [4.78, 5) is 46.9. The van der Waals surface area contributed by atoms with Crippen LogP contribution in [0, 0.1) is 37.5 Å². The number of hydrogen-bond donors (Lipinski definition) is 1. The highest BCUT2D eigenvalue weighted by Crippen LogP contribution is 2.52. The van der Waals surface area contributed by atoms with Crippen molar-refractivity contribution >= 4 is 23.7 Å². The van der Waals surface area contributed by atoms with Gasteiger partial charge in [-0.25, -0.2) is 9.97 Å². The highest BCUT2D eigenvalue weighted by molar-refractivity contribution is 6.06. The molecular weight excluding hydrogens is 320 g/mol. The molecule has 0 spiro atoms. The monoisotopic (exact) mass is 340 g/mol. The lowest BCUT2D eigenvalue weighted by atomic mass is 9.85. The fourth-order valence-electron chi connectivity index (χ4n) is 4.37. The topological polar surface area (TPSA) is 92.3 Å². The first-order valence-electron chi connectivity index (χ1n) is 8.59. The van der Waals surface area contributed by atoms with Crippen molar-refractivity contribution < 1.29 is 14.4 Å². The second-order valence-electron chi connectivity index (χ2n) is 7.10. The molecule has 130 valence electrons. The van der Waals surface area contributed by atoms with Gasteiger partial charge in [-0.15, -0.1) is 0 Å². The van der Waals surface area contributed by atoms with Gasteiger partial charge in [-0.05, 0) is 38.2 Å². The minimum atomic E-state index is -0.302. The van der Waals surface area contributed by atoms with Crippen LogP contribution < -0.4 is 5.32 Å². The van der Waals surface area contributed by atoms with Gasteiger partial charge < -0.3 is 0 Å². The van der Waals surface area contributed by atoms with E-state index in [0.717, 1.165) is 17.8 Å². The van der Waals surface area contributed by atoms with E-state index in [4.69, 9.17) is 0 Å². The van der Waals surface area contributed by atoms with E-state index >= 15 is 0 Å². The molecule has 1 saturated heterocycles. The third kappa shape index (κ3) is 2.63. The van der Waals surface area contributed by atoms with E-state index in [0.29, 0.717) is 0 Å². The summed E-state index contributed by atoms with van der Waals surface area (Å²) in [6, 6.07) is 1.82. The number of hydrogen-bond acceptors (Lipinski definition) is 5. The van der Waals surface area contributed by atoms with Gasteiger partial charge in [0.15, 0.2) is 0 Å². The molecule has 0 radical (unpaired) electrons. The summed E-state index contributed by atoms with van der Waals surface area (Å²) in [5, 5.41) is 2.63. The Balaban J connectivity index is 1.38. The largest absolute Gasteiger partial charge is 0.294 e. The average molecular weight is 340 g/mol. The maximum absolute atomic E-state index is 12.6. The number of imide groups is 1. The van der Waals surface area contributed by atoms with Crippen molar-refractivity contribution in [2.24, 2.45) is 23.7 Å². The summed E-state index contributed by atoms with van der Waals surface area (Å²) >= 11 is 0. The average Bonchev–Trinajstić information content (AvgIpc) is 3.19. The standard InChI is InChI=1S/C18H20N4O3/c1-9-7-10(2)20-18(19-9)21-13(23)5-6-22-16(24)14-11-3-4-12(8-11)15(14)17(22)25/h3-4,7,11-12,14-15H,5-6,8H2,1-2H3,(H,19,20,21,23)/t11-,12-,14-,15+/m0/s1. The lowest BCUT2D eigenvalue weighted by Gasteiger charge is -2.16. The van der Waals surface area contributed by atoms with E-state index in [9.17, 15) is 14.4 Å². The van der Waals surface area contributed by atoms with Crippen molar-refractivity contribution in [2.45, 2.75) is 26.7 Å². The number of likely N-dealkylation sites (tertiary alicyclic amines) is 1. The van der Waals surface area contributed by atoms with E-state index < -0.39 is 0 Å². The molecule has 1 N–H and O–H groups in total. The normalized spacial score (nSPS) is 29.4. The Labute approximate surface area is 145 Å². The molecule has 4 rings (SSSR count). The molecule has 0 unspecified atom stereocenters. The van der Waals surface area contributed by atoms with Crippen molar-refractivity contribution in [2.75, 3.05) is 11.9 Å². The van der Waals surface area contributed by atoms with Crippen LogP contribution in [0.3, 0.4) is 0 Å². The molecule has 3 aliphatic rings. The molecule has 2 aliphatic carbocycles. The number of rotatable bonds is 4. The Morgan fingerprint density at radius 1 is 1.12 bits per heavy atom. The van der Waals surface area contributed by atoms with Crippen molar-refractivity contribution in [1.29, 1.82) is 0 Å². The molecule has 7 heteroatoms. The van der Waals surface area contributed by atoms with Gasteiger partial charge in [0.1, 0.15) is 0 Å². The zero-order valence-electron chi connectivity index (χ0n) is 14.2. The molecular formula is C18H20N4O3. The van der Waals surface area contributed by atoms with Crippen molar-refractivity contribution in [3.63, 3.8) is 0 Å². The molecule has 2 bridgehead atoms. The van der Waals surface area contributed by atoms with Crippen LogP contribution in [0.4, 0.5) is 5.95 Å². The molecule has 1 saturated carbocycles. The van der Waals surface area contributed by atoms with Crippen LogP contribution in [0.5, 0.6) is 0 Å². The molecule has 2 heterocycles. The van der Waals surface area contributed by atoms with Crippen LogP contribution in [0.25, 0.3) is 0 Å². The van der Waals surface area contributed by atoms with E-state index in [1.807, 2.05) is 19.9 Å². The fraction of sp³-hybridized carbons (Fsp3) is 0.500. The number of carbonyl (C=O) groups excluding carboxylic acids is 3. The highest BCUT2D eigenvalue weighted by Gasteiger charge is 2.58. The molecule has 3 amide bonds. The Morgan fingerprint density at radius 3 is 2.24 bits per heavy atom. The van der Waals surface area contributed by atoms with Gasteiger partial charge >= 0.3 is 0 Å². The maximum Gasteiger partial charge on any atom is 0.233 e. The van der Waals surface area contributed by atoms with Crippen LogP contribution in [0.2, 0.25) is 0 Å². The van der Waals surface area contributed by atoms with Crippen LogP contribution in [0.15, 0.2) is 18.2 Å². The summed E-state index contributed by atoms with van der Waals surface area (Å²) < 4.78 is 0. The van der Waals surface area contributed by atoms with Crippen molar-refractivity contribution in [3.8, 4) is 0 Å². The number of carbonyl (C=O) groups is 3. The number of anilines is 1. The summed E-state index contributed by atoms with van der Waals surface area (Å²) in [7, 11) is 0. The summed E-state index contributed by atoms with van der Waals surface area (Å²) in [5.41, 5.74) is 1.53. The molecule has 1 aliphatic heterocycles. The third-order valence-electron chi connectivity index (χ3n) is 5.36. The summed E-state index contributed by atoms with van der Waals surface area (Å²) in [5.74, 6) is -0.349. The Hall–Kier alpha value is -2.57. The molecule has 0 aromatic carbocycles.